The number of rotatable bonds is 1. The van der Waals surface area contributed by atoms with E-state index in [4.69, 9.17) is 0 Å². The first-order chi connectivity index (χ1) is 5.00. The minimum atomic E-state index is -0.0360. The van der Waals surface area contributed by atoms with Gasteiger partial charge in [0.05, 0.1) is 33.3 Å². The Labute approximate surface area is 69.4 Å². The largest absolute Gasteiger partial charge is 0.393 e. The molecule has 1 N–H and O–H groups in total. The van der Waals surface area contributed by atoms with E-state index in [0.717, 1.165) is 17.3 Å². The van der Waals surface area contributed by atoms with Crippen molar-refractivity contribution in [2.45, 2.75) is 37.8 Å². The van der Waals surface area contributed by atoms with Crippen molar-refractivity contribution in [2.75, 3.05) is 21.1 Å². The predicted octanol–water partition coefficient (Wildman–Crippen LogP) is 0.996. The van der Waals surface area contributed by atoms with Gasteiger partial charge in [-0.3, -0.25) is 0 Å². The van der Waals surface area contributed by atoms with Gasteiger partial charge in [0.1, 0.15) is 0 Å². The molecule has 0 radical (unpaired) electrons. The van der Waals surface area contributed by atoms with Crippen LogP contribution in [-0.2, 0) is 0 Å². The van der Waals surface area contributed by atoms with Crippen LogP contribution in [0.2, 0.25) is 0 Å². The lowest BCUT2D eigenvalue weighted by Crippen LogP contribution is -2.48. The SMILES string of the molecule is C[N+](C)(C)C1CCCC(O)C1. The van der Waals surface area contributed by atoms with Crippen LogP contribution in [0.3, 0.4) is 0 Å². The molecule has 66 valence electrons. The van der Waals surface area contributed by atoms with Gasteiger partial charge in [0.25, 0.3) is 0 Å². The Morgan fingerprint density at radius 2 is 1.82 bits per heavy atom. The number of aliphatic hydroxyl groups is 1. The first-order valence-corrected chi connectivity index (χ1v) is 4.49. The fraction of sp³-hybridized carbons (Fsp3) is 1.00. The van der Waals surface area contributed by atoms with Crippen LogP contribution in [0.5, 0.6) is 0 Å². The lowest BCUT2D eigenvalue weighted by atomic mass is 9.91. The molecule has 2 unspecified atom stereocenters. The molecular weight excluding hydrogens is 138 g/mol. The van der Waals surface area contributed by atoms with Crippen LogP contribution < -0.4 is 0 Å². The van der Waals surface area contributed by atoms with E-state index in [0.29, 0.717) is 6.04 Å². The summed E-state index contributed by atoms with van der Waals surface area (Å²) in [5.41, 5.74) is 0. The number of hydrogen-bond donors (Lipinski definition) is 1. The van der Waals surface area contributed by atoms with Crippen molar-refractivity contribution >= 4 is 0 Å². The van der Waals surface area contributed by atoms with E-state index in [-0.39, 0.29) is 6.10 Å². The second-order valence-electron chi connectivity index (χ2n) is 4.59. The van der Waals surface area contributed by atoms with Crippen molar-refractivity contribution in [3.63, 3.8) is 0 Å². The van der Waals surface area contributed by atoms with Crippen molar-refractivity contribution in [1.82, 2.24) is 0 Å². The molecule has 1 rings (SSSR count). The summed E-state index contributed by atoms with van der Waals surface area (Å²) < 4.78 is 0.997. The van der Waals surface area contributed by atoms with Gasteiger partial charge in [-0.25, -0.2) is 0 Å². The Morgan fingerprint density at radius 1 is 1.18 bits per heavy atom. The molecule has 0 aromatic carbocycles. The van der Waals surface area contributed by atoms with Crippen molar-refractivity contribution < 1.29 is 9.59 Å². The molecule has 0 saturated heterocycles. The summed E-state index contributed by atoms with van der Waals surface area (Å²) in [6, 6.07) is 0.666. The Kier molecular flexibility index (Phi) is 2.55. The molecule has 11 heavy (non-hydrogen) atoms. The molecule has 1 saturated carbocycles. The van der Waals surface area contributed by atoms with Gasteiger partial charge in [0.15, 0.2) is 0 Å². The highest BCUT2D eigenvalue weighted by Gasteiger charge is 2.29. The van der Waals surface area contributed by atoms with Gasteiger partial charge in [-0.1, -0.05) is 0 Å². The molecule has 0 bridgehead atoms. The van der Waals surface area contributed by atoms with Crippen molar-refractivity contribution in [3.8, 4) is 0 Å². The average Bonchev–Trinajstić information content (AvgIpc) is 1.86. The summed E-state index contributed by atoms with van der Waals surface area (Å²) in [7, 11) is 6.63. The first kappa shape index (κ1) is 9.01. The minimum absolute atomic E-state index is 0.0360. The third kappa shape index (κ3) is 2.46. The minimum Gasteiger partial charge on any atom is -0.393 e. The van der Waals surface area contributed by atoms with E-state index < -0.39 is 0 Å². The molecule has 2 nitrogen and oxygen atoms in total. The Bertz CT molecular complexity index is 128. The average molecular weight is 158 g/mol. The Hall–Kier alpha value is -0.0800. The Balaban J connectivity index is 2.46. The predicted molar refractivity (Wildman–Crippen MR) is 46.3 cm³/mol. The number of aliphatic hydroxyl groups excluding tert-OH is 1. The van der Waals surface area contributed by atoms with Crippen molar-refractivity contribution in [3.05, 3.63) is 0 Å². The lowest BCUT2D eigenvalue weighted by Gasteiger charge is -2.38. The highest BCUT2D eigenvalue weighted by Crippen LogP contribution is 2.24. The molecule has 2 atom stereocenters. The van der Waals surface area contributed by atoms with Gasteiger partial charge in [0, 0.05) is 6.42 Å². The topological polar surface area (TPSA) is 20.2 Å². The smallest absolute Gasteiger partial charge is 0.0909 e. The summed E-state index contributed by atoms with van der Waals surface area (Å²) in [5, 5.41) is 9.43. The maximum Gasteiger partial charge on any atom is 0.0909 e. The maximum absolute atomic E-state index is 9.43. The highest BCUT2D eigenvalue weighted by molar-refractivity contribution is 4.71. The van der Waals surface area contributed by atoms with Crippen LogP contribution in [0.4, 0.5) is 0 Å². The van der Waals surface area contributed by atoms with Gasteiger partial charge in [0.2, 0.25) is 0 Å². The van der Waals surface area contributed by atoms with Crippen LogP contribution in [0.15, 0.2) is 0 Å². The monoisotopic (exact) mass is 158 g/mol. The summed E-state index contributed by atoms with van der Waals surface area (Å²) in [5.74, 6) is 0. The van der Waals surface area contributed by atoms with Gasteiger partial charge < -0.3 is 9.59 Å². The van der Waals surface area contributed by atoms with Crippen LogP contribution >= 0.6 is 0 Å². The molecule has 0 amide bonds. The lowest BCUT2D eigenvalue weighted by molar-refractivity contribution is -0.897. The highest BCUT2D eigenvalue weighted by atomic mass is 16.3. The van der Waals surface area contributed by atoms with E-state index in [9.17, 15) is 5.11 Å². The maximum atomic E-state index is 9.43. The molecule has 1 aliphatic rings. The van der Waals surface area contributed by atoms with Crippen LogP contribution in [0.25, 0.3) is 0 Å². The third-order valence-electron chi connectivity index (χ3n) is 2.71. The van der Waals surface area contributed by atoms with Crippen LogP contribution in [-0.4, -0.2) is 42.9 Å². The summed E-state index contributed by atoms with van der Waals surface area (Å²) in [6.07, 6.45) is 4.44. The molecule has 1 fully saturated rings. The fourth-order valence-corrected chi connectivity index (χ4v) is 1.84. The number of quaternary nitrogens is 1. The van der Waals surface area contributed by atoms with E-state index in [1.54, 1.807) is 0 Å². The summed E-state index contributed by atoms with van der Waals surface area (Å²) in [6.45, 7) is 0. The van der Waals surface area contributed by atoms with Gasteiger partial charge in [-0.15, -0.1) is 0 Å². The number of hydrogen-bond acceptors (Lipinski definition) is 1. The van der Waals surface area contributed by atoms with Gasteiger partial charge in [-0.2, -0.15) is 0 Å². The zero-order chi connectivity index (χ0) is 8.48. The van der Waals surface area contributed by atoms with E-state index in [2.05, 4.69) is 21.1 Å². The molecule has 0 aliphatic heterocycles. The van der Waals surface area contributed by atoms with E-state index in [1.807, 2.05) is 0 Å². The summed E-state index contributed by atoms with van der Waals surface area (Å²) in [4.78, 5) is 0. The van der Waals surface area contributed by atoms with Crippen molar-refractivity contribution in [2.24, 2.45) is 0 Å². The standard InChI is InChI=1S/C9H20NO/c1-10(2,3)8-5-4-6-9(11)7-8/h8-9,11H,4-7H2,1-3H3/q+1. The Morgan fingerprint density at radius 3 is 2.18 bits per heavy atom. The zero-order valence-electron chi connectivity index (χ0n) is 7.88. The molecule has 0 aromatic rings. The van der Waals surface area contributed by atoms with E-state index in [1.165, 1.54) is 12.8 Å². The van der Waals surface area contributed by atoms with Gasteiger partial charge >= 0.3 is 0 Å². The first-order valence-electron chi connectivity index (χ1n) is 4.49. The second kappa shape index (κ2) is 3.11. The van der Waals surface area contributed by atoms with Gasteiger partial charge in [-0.05, 0) is 19.3 Å². The molecule has 1 aliphatic carbocycles. The van der Waals surface area contributed by atoms with Crippen LogP contribution in [0.1, 0.15) is 25.7 Å². The zero-order valence-corrected chi connectivity index (χ0v) is 7.88. The molecule has 0 heterocycles. The second-order valence-corrected chi connectivity index (χ2v) is 4.59. The van der Waals surface area contributed by atoms with Crippen molar-refractivity contribution in [1.29, 1.82) is 0 Å². The third-order valence-corrected chi connectivity index (χ3v) is 2.71. The fourth-order valence-electron chi connectivity index (χ4n) is 1.84. The molecule has 0 spiro atoms. The molecule has 0 aromatic heterocycles. The normalized spacial score (nSPS) is 33.8. The summed E-state index contributed by atoms with van der Waals surface area (Å²) >= 11 is 0. The molecule has 2 heteroatoms. The van der Waals surface area contributed by atoms with Crippen LogP contribution in [0, 0.1) is 0 Å². The quantitative estimate of drug-likeness (QED) is 0.564. The molecular formula is C9H20NO+. The number of nitrogens with zero attached hydrogens (tertiary/aromatic N) is 1. The van der Waals surface area contributed by atoms with E-state index >= 15 is 0 Å².